The Labute approximate surface area is 124 Å². The summed E-state index contributed by atoms with van der Waals surface area (Å²) in [6.07, 6.45) is 9.22. The van der Waals surface area contributed by atoms with Crippen LogP contribution >= 0.6 is 0 Å². The standard InChI is InChI=1S/C18H20N2O/c1-20-7-6-14-10-15(4-5-17(14)20)18(21)19-11-16-9-12-2-3-13(16)8-12/h2-7,10,12-13,16H,8-9,11H2,1H3,(H,19,21)/t12-,13+,16-/m0/s1. The highest BCUT2D eigenvalue weighted by Crippen LogP contribution is 2.42. The number of amides is 1. The lowest BCUT2D eigenvalue weighted by Gasteiger charge is -2.18. The van der Waals surface area contributed by atoms with Gasteiger partial charge in [-0.15, -0.1) is 0 Å². The van der Waals surface area contributed by atoms with Crippen molar-refractivity contribution in [3.8, 4) is 0 Å². The number of rotatable bonds is 3. The van der Waals surface area contributed by atoms with Crippen molar-refractivity contribution in [3.63, 3.8) is 0 Å². The molecule has 0 saturated heterocycles. The highest BCUT2D eigenvalue weighted by molar-refractivity contribution is 5.98. The fourth-order valence-corrected chi connectivity index (χ4v) is 3.88. The second-order valence-corrected chi connectivity index (χ2v) is 6.45. The van der Waals surface area contributed by atoms with Crippen molar-refractivity contribution in [2.75, 3.05) is 6.54 Å². The number of aryl methyl sites for hydroxylation is 1. The van der Waals surface area contributed by atoms with Gasteiger partial charge < -0.3 is 9.88 Å². The van der Waals surface area contributed by atoms with Crippen LogP contribution in [0.4, 0.5) is 0 Å². The van der Waals surface area contributed by atoms with Gasteiger partial charge in [0.1, 0.15) is 0 Å². The van der Waals surface area contributed by atoms with E-state index in [2.05, 4.69) is 22.0 Å². The normalized spacial score (nSPS) is 26.6. The lowest BCUT2D eigenvalue weighted by atomic mass is 9.93. The van der Waals surface area contributed by atoms with Gasteiger partial charge in [0, 0.05) is 36.3 Å². The van der Waals surface area contributed by atoms with Gasteiger partial charge in [-0.05, 0) is 54.9 Å². The summed E-state index contributed by atoms with van der Waals surface area (Å²) in [6, 6.07) is 7.96. The lowest BCUT2D eigenvalue weighted by molar-refractivity contribution is 0.0945. The fraction of sp³-hybridized carbons (Fsp3) is 0.389. The molecule has 1 fully saturated rings. The van der Waals surface area contributed by atoms with Crippen LogP contribution in [-0.2, 0) is 7.05 Å². The Morgan fingerprint density at radius 1 is 1.29 bits per heavy atom. The van der Waals surface area contributed by atoms with Crippen LogP contribution in [0.2, 0.25) is 0 Å². The van der Waals surface area contributed by atoms with Crippen LogP contribution in [0.15, 0.2) is 42.6 Å². The molecule has 4 rings (SSSR count). The highest BCUT2D eigenvalue weighted by atomic mass is 16.1. The number of allylic oxidation sites excluding steroid dienone is 2. The summed E-state index contributed by atoms with van der Waals surface area (Å²) in [4.78, 5) is 12.3. The summed E-state index contributed by atoms with van der Waals surface area (Å²) in [7, 11) is 2.02. The van der Waals surface area contributed by atoms with Crippen molar-refractivity contribution < 1.29 is 4.79 Å². The van der Waals surface area contributed by atoms with Gasteiger partial charge in [0.2, 0.25) is 0 Å². The first-order valence-corrected chi connectivity index (χ1v) is 7.72. The summed E-state index contributed by atoms with van der Waals surface area (Å²) in [5, 5.41) is 4.24. The predicted octanol–water partition coefficient (Wildman–Crippen LogP) is 3.12. The van der Waals surface area contributed by atoms with Crippen molar-refractivity contribution >= 4 is 16.8 Å². The molecule has 3 heteroatoms. The van der Waals surface area contributed by atoms with Gasteiger partial charge in [-0.25, -0.2) is 0 Å². The van der Waals surface area contributed by atoms with Crippen molar-refractivity contribution in [2.45, 2.75) is 12.8 Å². The summed E-state index contributed by atoms with van der Waals surface area (Å²) < 4.78 is 2.07. The fourth-order valence-electron chi connectivity index (χ4n) is 3.88. The van der Waals surface area contributed by atoms with E-state index < -0.39 is 0 Å². The molecular formula is C18H20N2O. The highest BCUT2D eigenvalue weighted by Gasteiger charge is 2.35. The molecule has 1 saturated carbocycles. The Bertz CT molecular complexity index is 728. The maximum absolute atomic E-state index is 12.3. The van der Waals surface area contributed by atoms with Crippen molar-refractivity contribution in [2.24, 2.45) is 24.8 Å². The van der Waals surface area contributed by atoms with Crippen LogP contribution in [0.25, 0.3) is 10.9 Å². The van der Waals surface area contributed by atoms with Gasteiger partial charge in [0.15, 0.2) is 0 Å². The average Bonchev–Trinajstić information content (AvgIpc) is 3.20. The molecule has 1 N–H and O–H groups in total. The number of hydrogen-bond acceptors (Lipinski definition) is 1. The molecule has 108 valence electrons. The number of carbonyl (C=O) groups is 1. The van der Waals surface area contributed by atoms with Gasteiger partial charge >= 0.3 is 0 Å². The molecular weight excluding hydrogens is 260 g/mol. The number of nitrogens with one attached hydrogen (secondary N) is 1. The van der Waals surface area contributed by atoms with E-state index in [1.54, 1.807) is 0 Å². The first-order valence-electron chi connectivity index (χ1n) is 7.72. The molecule has 1 aromatic carbocycles. The molecule has 1 heterocycles. The zero-order valence-electron chi connectivity index (χ0n) is 12.3. The number of fused-ring (bicyclic) bond motifs is 3. The van der Waals surface area contributed by atoms with E-state index in [-0.39, 0.29) is 5.91 Å². The first-order chi connectivity index (χ1) is 10.2. The second kappa shape index (κ2) is 4.76. The average molecular weight is 280 g/mol. The summed E-state index contributed by atoms with van der Waals surface area (Å²) >= 11 is 0. The van der Waals surface area contributed by atoms with Crippen LogP contribution in [-0.4, -0.2) is 17.0 Å². The summed E-state index contributed by atoms with van der Waals surface area (Å²) in [5.74, 6) is 2.13. The number of benzene rings is 1. The zero-order valence-corrected chi connectivity index (χ0v) is 12.3. The zero-order chi connectivity index (χ0) is 14.4. The minimum atomic E-state index is 0.0486. The molecule has 3 atom stereocenters. The van der Waals surface area contributed by atoms with Crippen LogP contribution in [0.1, 0.15) is 23.2 Å². The number of carbonyl (C=O) groups excluding carboxylic acids is 1. The van der Waals surface area contributed by atoms with Gasteiger partial charge in [-0.1, -0.05) is 12.2 Å². The van der Waals surface area contributed by atoms with Crippen LogP contribution in [0, 0.1) is 17.8 Å². The smallest absolute Gasteiger partial charge is 0.251 e. The molecule has 2 aliphatic carbocycles. The number of nitrogens with zero attached hydrogens (tertiary/aromatic N) is 1. The lowest BCUT2D eigenvalue weighted by Crippen LogP contribution is -2.30. The molecule has 2 bridgehead atoms. The van der Waals surface area contributed by atoms with Crippen molar-refractivity contribution in [3.05, 3.63) is 48.2 Å². The van der Waals surface area contributed by atoms with E-state index in [0.29, 0.717) is 11.8 Å². The third-order valence-corrected chi connectivity index (χ3v) is 5.09. The Morgan fingerprint density at radius 3 is 2.95 bits per heavy atom. The third kappa shape index (κ3) is 2.17. The molecule has 2 aliphatic rings. The largest absolute Gasteiger partial charge is 0.352 e. The van der Waals surface area contributed by atoms with E-state index in [4.69, 9.17) is 0 Å². The Hall–Kier alpha value is -2.03. The first kappa shape index (κ1) is 12.7. The number of aromatic nitrogens is 1. The van der Waals surface area contributed by atoms with Crippen molar-refractivity contribution in [1.82, 2.24) is 9.88 Å². The molecule has 0 aliphatic heterocycles. The quantitative estimate of drug-likeness (QED) is 0.861. The van der Waals surface area contributed by atoms with E-state index in [1.165, 1.54) is 12.8 Å². The third-order valence-electron chi connectivity index (χ3n) is 5.09. The van der Waals surface area contributed by atoms with Gasteiger partial charge in [0.25, 0.3) is 5.91 Å². The minimum Gasteiger partial charge on any atom is -0.352 e. The summed E-state index contributed by atoms with van der Waals surface area (Å²) in [6.45, 7) is 0.803. The van der Waals surface area contributed by atoms with Gasteiger partial charge in [0.05, 0.1) is 0 Å². The number of hydrogen-bond donors (Lipinski definition) is 1. The van der Waals surface area contributed by atoms with Gasteiger partial charge in [-0.3, -0.25) is 4.79 Å². The van der Waals surface area contributed by atoms with E-state index in [1.807, 2.05) is 37.5 Å². The van der Waals surface area contributed by atoms with Crippen molar-refractivity contribution in [1.29, 1.82) is 0 Å². The Balaban J connectivity index is 1.45. The predicted molar refractivity (Wildman–Crippen MR) is 84.1 cm³/mol. The Kier molecular flexibility index (Phi) is 2.88. The molecule has 2 aromatic rings. The topological polar surface area (TPSA) is 34.0 Å². The van der Waals surface area contributed by atoms with Gasteiger partial charge in [-0.2, -0.15) is 0 Å². The monoisotopic (exact) mass is 280 g/mol. The molecule has 3 nitrogen and oxygen atoms in total. The van der Waals surface area contributed by atoms with E-state index in [0.717, 1.165) is 28.9 Å². The maximum Gasteiger partial charge on any atom is 0.251 e. The Morgan fingerprint density at radius 2 is 2.19 bits per heavy atom. The molecule has 1 aromatic heterocycles. The second-order valence-electron chi connectivity index (χ2n) is 6.45. The van der Waals surface area contributed by atoms with E-state index in [9.17, 15) is 4.79 Å². The molecule has 0 unspecified atom stereocenters. The van der Waals surface area contributed by atoms with E-state index >= 15 is 0 Å². The molecule has 1 amide bonds. The maximum atomic E-state index is 12.3. The molecule has 21 heavy (non-hydrogen) atoms. The summed E-state index contributed by atoms with van der Waals surface area (Å²) in [5.41, 5.74) is 1.91. The minimum absolute atomic E-state index is 0.0486. The molecule has 0 radical (unpaired) electrons. The van der Waals surface area contributed by atoms with Crippen LogP contribution in [0.5, 0.6) is 0 Å². The van der Waals surface area contributed by atoms with Crippen LogP contribution in [0.3, 0.4) is 0 Å². The SMILES string of the molecule is Cn1ccc2cc(C(=O)NC[C@@H]3C[C@H]4C=C[C@@H]3C4)ccc21. The van der Waals surface area contributed by atoms with Crippen LogP contribution < -0.4 is 5.32 Å². The molecule has 0 spiro atoms.